The molecule has 0 fully saturated rings. The van der Waals surface area contributed by atoms with E-state index in [1.165, 1.54) is 87.5 Å². The number of hydrogen-bond acceptors (Lipinski definition) is 11. The molecule has 4 aromatic carbocycles. The molecule has 0 N–H and O–H groups in total. The highest BCUT2D eigenvalue weighted by Gasteiger charge is 2.42. The first kappa shape index (κ1) is 85.1. The SMILES string of the molecule is [C-]#[N+]/C(C#N)=C1C=C(/C=C/c2cc3c4c(c2)C(C)(C)CCN4CCC3(C)C)OC(C(C)(C)C)=C/1.[C-]#[N+]/C(C#N)=C1C=C(/C=C/c2cc3c4c(c2)C(C)(C)CCN4CCC3(C)C)OC(C(C)C)=C/1.[C-]#[N+]/C(C#N)=C1\C=C(C)OC(/C=C/c2cc3c4c(c2)CCCN4CCC3)=C1.[C-]#[N+]/C(C#N)=C1\C=C(C)OC(/C=C/c2ccc(C(C)C)cc2)=C1. The molecule has 0 unspecified atom stereocenters. The van der Waals surface area contributed by atoms with Crippen LogP contribution in [0.5, 0.6) is 0 Å². The van der Waals surface area contributed by atoms with Crippen molar-refractivity contribution in [3.8, 4) is 24.3 Å². The lowest BCUT2D eigenvalue weighted by Crippen LogP contribution is -2.44. The van der Waals surface area contributed by atoms with Crippen LogP contribution in [0.1, 0.15) is 223 Å². The lowest BCUT2D eigenvalue weighted by molar-refractivity contribution is 0.223. The summed E-state index contributed by atoms with van der Waals surface area (Å²) in [5, 5.41) is 36.9. The zero-order chi connectivity index (χ0) is 84.5. The average Bonchev–Trinajstić information content (AvgIpc) is 0.733. The van der Waals surface area contributed by atoms with E-state index in [1.54, 1.807) is 49.5 Å². The zero-order valence-electron chi connectivity index (χ0n) is 71.1. The van der Waals surface area contributed by atoms with E-state index in [0.29, 0.717) is 62.8 Å². The minimum absolute atomic E-state index is 0.0693. The minimum atomic E-state index is -0.241. The maximum atomic E-state index is 9.41. The van der Waals surface area contributed by atoms with E-state index in [-0.39, 0.29) is 55.8 Å². The fourth-order valence-corrected chi connectivity index (χ4v) is 16.3. The summed E-state index contributed by atoms with van der Waals surface area (Å²) in [5.41, 5.74) is 21.9. The van der Waals surface area contributed by atoms with Crippen molar-refractivity contribution in [2.75, 3.05) is 54.0 Å². The van der Waals surface area contributed by atoms with Gasteiger partial charge in [-0.05, 0) is 286 Å². The second-order valence-corrected chi connectivity index (χ2v) is 35.7. The van der Waals surface area contributed by atoms with Crippen LogP contribution in [0, 0.1) is 82.9 Å². The van der Waals surface area contributed by atoms with Gasteiger partial charge in [0.05, 0.1) is 50.6 Å². The van der Waals surface area contributed by atoms with Crippen molar-refractivity contribution >= 4 is 41.4 Å². The fourth-order valence-electron chi connectivity index (χ4n) is 16.3. The van der Waals surface area contributed by atoms with Gasteiger partial charge in [-0.25, -0.2) is 40.4 Å². The van der Waals surface area contributed by atoms with Gasteiger partial charge in [0.2, 0.25) is 0 Å². The predicted molar refractivity (Wildman–Crippen MR) is 471 cm³/mol. The Bertz CT molecular complexity index is 5400. The van der Waals surface area contributed by atoms with Gasteiger partial charge in [0.25, 0.3) is 22.8 Å². The third-order valence-corrected chi connectivity index (χ3v) is 23.3. The quantitative estimate of drug-likeness (QED) is 0.110. The van der Waals surface area contributed by atoms with Crippen molar-refractivity contribution in [1.29, 1.82) is 21.0 Å². The number of allylic oxidation sites excluding steroid dienone is 24. The van der Waals surface area contributed by atoms with E-state index in [4.69, 9.17) is 55.8 Å². The van der Waals surface area contributed by atoms with E-state index < -0.39 is 0 Å². The lowest BCUT2D eigenvalue weighted by atomic mass is 9.69. The van der Waals surface area contributed by atoms with Gasteiger partial charge in [0.15, 0.2) is 0 Å². The van der Waals surface area contributed by atoms with Gasteiger partial charge in [-0.2, -0.15) is 0 Å². The number of anilines is 3. The Balaban J connectivity index is 0.000000155. The van der Waals surface area contributed by atoms with Crippen LogP contribution in [-0.2, 0) is 53.4 Å². The Kier molecular flexibility index (Phi) is 25.9. The van der Waals surface area contributed by atoms with Crippen LogP contribution >= 0.6 is 0 Å². The summed E-state index contributed by atoms with van der Waals surface area (Å²) < 4.78 is 23.7. The second kappa shape index (κ2) is 35.5. The molecular weight excluding hydrogens is 1440 g/mol. The molecule has 0 spiro atoms. The van der Waals surface area contributed by atoms with E-state index in [2.05, 4.69) is 203 Å². The van der Waals surface area contributed by atoms with E-state index in [9.17, 15) is 10.5 Å². The molecule has 0 aromatic heterocycles. The van der Waals surface area contributed by atoms with Crippen LogP contribution in [0.3, 0.4) is 0 Å². The standard InChI is InChI=1S/C30H35N3O.C29H33N3O.C23H21N3O.C20H18N2O/c1-28(2,3)26-18-21(25(19-31)32-8)17-22(34-26)10-9-20-15-23-27-24(16-20)30(6,7)12-14-33(27)13-11-29(23,4)5;1-19(2)26-17-21(25(18-30)31-7)16-22(33-26)9-8-20-14-23-27-24(15-20)29(5,6)11-13-32(27)12-10-28(23,3)4;1-16-11-20(22(15-24)25-2)14-21(27-16)8-7-17-12-18-5-3-9-26-10-4-6-19(13-17)23(18)26;1-14(2)17-8-5-16(6-9-17)7-10-19-12-18(11-15(3)23-19)20(13-21)22-4/h9-10,15-18H,11-14H2,1-7H3;8-9,14-17,19H,10-13H2,1-6H3;7-8,11-14H,3-6,9-10H2,1H3;5-12,14H,1-3H3/b10-9+,25-21-;9-8+,25-21-;8-7+,22-20+;10-7+,20-18+. The van der Waals surface area contributed by atoms with Gasteiger partial charge in [0, 0.05) is 67.7 Å². The Morgan fingerprint density at radius 1 is 0.402 bits per heavy atom. The van der Waals surface area contributed by atoms with E-state index in [1.807, 2.05) is 81.5 Å². The molecule has 10 aliphatic heterocycles. The first-order valence-corrected chi connectivity index (χ1v) is 40.7. The smallest absolute Gasteiger partial charge is 0.269 e. The second-order valence-electron chi connectivity index (χ2n) is 35.7. The molecule has 0 saturated heterocycles. The molecule has 0 saturated carbocycles. The summed E-state index contributed by atoms with van der Waals surface area (Å²) in [7, 11) is 0. The molecule has 117 heavy (non-hydrogen) atoms. The van der Waals surface area contributed by atoms with E-state index >= 15 is 0 Å². The summed E-state index contributed by atoms with van der Waals surface area (Å²) in [5.74, 6) is 6.08. The maximum Gasteiger partial charge on any atom is 0.269 e. The summed E-state index contributed by atoms with van der Waals surface area (Å²) in [6.45, 7) is 72.8. The predicted octanol–water partition coefficient (Wildman–Crippen LogP) is 24.7. The number of hydrogen-bond donors (Lipinski definition) is 0. The lowest BCUT2D eigenvalue weighted by Gasteiger charge is -2.48. The van der Waals surface area contributed by atoms with Crippen molar-refractivity contribution in [2.24, 2.45) is 11.3 Å². The van der Waals surface area contributed by atoms with Crippen molar-refractivity contribution < 1.29 is 18.9 Å². The molecule has 594 valence electrons. The fraction of sp³-hybridized carbons (Fsp3) is 0.373. The molecule has 10 heterocycles. The molecule has 15 nitrogen and oxygen atoms in total. The molecular formula is C102H107N11O4. The van der Waals surface area contributed by atoms with Crippen molar-refractivity contribution in [3.63, 3.8) is 0 Å². The van der Waals surface area contributed by atoms with Crippen LogP contribution in [0.15, 0.2) is 225 Å². The van der Waals surface area contributed by atoms with Gasteiger partial charge < -0.3 is 33.6 Å². The number of nitriles is 4. The van der Waals surface area contributed by atoms with Crippen molar-refractivity contribution in [2.45, 2.75) is 197 Å². The number of rotatable bonds is 10. The average molecular weight is 1550 g/mol. The molecule has 14 rings (SSSR count). The monoisotopic (exact) mass is 1550 g/mol. The van der Waals surface area contributed by atoms with Crippen LogP contribution in [0.2, 0.25) is 0 Å². The summed E-state index contributed by atoms with van der Waals surface area (Å²) in [4.78, 5) is 21.0. The first-order valence-electron chi connectivity index (χ1n) is 40.7. The highest BCUT2D eigenvalue weighted by atomic mass is 16.5. The molecule has 10 aliphatic rings. The highest BCUT2D eigenvalue weighted by Crippen LogP contribution is 2.52. The van der Waals surface area contributed by atoms with Gasteiger partial charge in [-0.3, -0.25) is 0 Å². The van der Waals surface area contributed by atoms with Gasteiger partial charge in [0.1, 0.15) is 46.1 Å². The van der Waals surface area contributed by atoms with Gasteiger partial charge in [-0.15, -0.1) is 0 Å². The largest absolute Gasteiger partial charge is 0.462 e. The van der Waals surface area contributed by atoms with Crippen molar-refractivity contribution in [3.05, 3.63) is 332 Å². The Hall–Kier alpha value is -12.8. The number of ether oxygens (including phenoxy) is 4. The number of aryl methyl sites for hydroxylation is 2. The topological polar surface area (TPSA) is 159 Å². The van der Waals surface area contributed by atoms with Crippen LogP contribution < -0.4 is 14.7 Å². The third-order valence-electron chi connectivity index (χ3n) is 23.3. The first-order chi connectivity index (χ1) is 55.6. The van der Waals surface area contributed by atoms with Crippen LogP contribution in [0.4, 0.5) is 17.1 Å². The molecule has 0 radical (unpaired) electrons. The summed E-state index contributed by atoms with van der Waals surface area (Å²) in [6, 6.07) is 30.2. The Morgan fingerprint density at radius 2 is 0.726 bits per heavy atom. The molecule has 15 heteroatoms. The number of nitrogens with zero attached hydrogens (tertiary/aromatic N) is 11. The third kappa shape index (κ3) is 19.8. The van der Waals surface area contributed by atoms with Crippen molar-refractivity contribution in [1.82, 2.24) is 0 Å². The van der Waals surface area contributed by atoms with Crippen LogP contribution in [0.25, 0.3) is 43.7 Å². The normalized spacial score (nSPS) is 20.5. The molecule has 0 aliphatic carbocycles. The Morgan fingerprint density at radius 3 is 1.07 bits per heavy atom. The minimum Gasteiger partial charge on any atom is -0.462 e. The summed E-state index contributed by atoms with van der Waals surface area (Å²) >= 11 is 0. The molecule has 4 aromatic rings. The zero-order valence-corrected chi connectivity index (χ0v) is 71.1. The van der Waals surface area contributed by atoms with Gasteiger partial charge in [-0.1, -0.05) is 152 Å². The van der Waals surface area contributed by atoms with E-state index in [0.717, 1.165) is 92.9 Å². The summed E-state index contributed by atoms with van der Waals surface area (Å²) in [6.07, 6.45) is 39.4. The maximum absolute atomic E-state index is 9.41. The van der Waals surface area contributed by atoms with Crippen LogP contribution in [-0.4, -0.2) is 39.3 Å². The molecule has 0 bridgehead atoms. The Labute approximate surface area is 695 Å². The molecule has 0 atom stereocenters. The molecule has 0 amide bonds. The van der Waals surface area contributed by atoms with Gasteiger partial charge >= 0.3 is 0 Å². The highest BCUT2D eigenvalue weighted by molar-refractivity contribution is 5.75. The number of benzene rings is 4.